The average molecular weight is 379 g/mol. The van der Waals surface area contributed by atoms with Crippen molar-refractivity contribution in [2.75, 3.05) is 10.6 Å². The van der Waals surface area contributed by atoms with E-state index >= 15 is 0 Å². The Morgan fingerprint density at radius 1 is 1.11 bits per heavy atom. The number of urea groups is 1. The molecule has 2 amide bonds. The lowest BCUT2D eigenvalue weighted by molar-refractivity contribution is 0.251. The summed E-state index contributed by atoms with van der Waals surface area (Å²) < 4.78 is 4.42. The van der Waals surface area contributed by atoms with Gasteiger partial charge in [-0.05, 0) is 37.5 Å². The summed E-state index contributed by atoms with van der Waals surface area (Å²) in [5.74, 6) is 0.733. The maximum atomic E-state index is 11.8. The molecule has 1 fully saturated rings. The Morgan fingerprint density at radius 3 is 2.56 bits per heavy atom. The molecular formula is C20H21N5OS. The summed E-state index contributed by atoms with van der Waals surface area (Å²) in [5.41, 5.74) is 2.90. The molecule has 4 rings (SSSR count). The van der Waals surface area contributed by atoms with E-state index in [2.05, 4.69) is 32.2 Å². The Morgan fingerprint density at radius 2 is 1.85 bits per heavy atom. The smallest absolute Gasteiger partial charge is 0.319 e. The minimum absolute atomic E-state index is 0.0795. The first-order valence-electron chi connectivity index (χ1n) is 9.00. The summed E-state index contributed by atoms with van der Waals surface area (Å²) in [6, 6.07) is 18.1. The Hall–Kier alpha value is -2.93. The molecule has 0 saturated heterocycles. The number of carbonyl (C=O) groups excluding carboxylic acids is 1. The molecule has 6 nitrogen and oxygen atoms in total. The van der Waals surface area contributed by atoms with Crippen LogP contribution in [0.1, 0.15) is 31.4 Å². The number of nitrogens with one attached hydrogen (secondary N) is 3. The van der Waals surface area contributed by atoms with Crippen LogP contribution in [0.5, 0.6) is 0 Å². The van der Waals surface area contributed by atoms with Crippen LogP contribution in [0.15, 0.2) is 54.6 Å². The average Bonchev–Trinajstić information content (AvgIpc) is 3.37. The van der Waals surface area contributed by atoms with Crippen LogP contribution in [-0.4, -0.2) is 21.4 Å². The highest BCUT2D eigenvalue weighted by Crippen LogP contribution is 2.25. The summed E-state index contributed by atoms with van der Waals surface area (Å²) in [4.78, 5) is 16.4. The monoisotopic (exact) mass is 379 g/mol. The quantitative estimate of drug-likeness (QED) is 0.582. The van der Waals surface area contributed by atoms with Gasteiger partial charge < -0.3 is 16.0 Å². The van der Waals surface area contributed by atoms with Gasteiger partial charge in [-0.2, -0.15) is 9.36 Å². The summed E-state index contributed by atoms with van der Waals surface area (Å²) in [5, 5.41) is 9.94. The van der Waals surface area contributed by atoms with Crippen LogP contribution < -0.4 is 16.0 Å². The molecule has 1 aromatic heterocycles. The number of hydrogen-bond donors (Lipinski definition) is 3. The van der Waals surface area contributed by atoms with Crippen molar-refractivity contribution in [3.63, 3.8) is 0 Å². The van der Waals surface area contributed by atoms with Crippen molar-refractivity contribution in [1.29, 1.82) is 0 Å². The van der Waals surface area contributed by atoms with E-state index in [1.165, 1.54) is 11.5 Å². The number of hydrogen-bond acceptors (Lipinski definition) is 5. The second-order valence-electron chi connectivity index (χ2n) is 6.65. The Labute approximate surface area is 162 Å². The third-order valence-corrected chi connectivity index (χ3v) is 5.03. The minimum Gasteiger partial charge on any atom is -0.354 e. The van der Waals surface area contributed by atoms with Gasteiger partial charge in [0, 0.05) is 28.8 Å². The van der Waals surface area contributed by atoms with E-state index in [0.717, 1.165) is 40.6 Å². The summed E-state index contributed by atoms with van der Waals surface area (Å²) >= 11 is 1.35. The second kappa shape index (κ2) is 7.75. The SMILES string of the molecule is CC(Nc1nc(-c2ccccc2)ns1)c1ccc(NC(=O)NC2CC2)cc1. The summed E-state index contributed by atoms with van der Waals surface area (Å²) in [6.45, 7) is 2.08. The topological polar surface area (TPSA) is 78.9 Å². The lowest BCUT2D eigenvalue weighted by atomic mass is 10.1. The molecule has 0 spiro atoms. The third-order valence-electron chi connectivity index (χ3n) is 4.38. The van der Waals surface area contributed by atoms with E-state index in [9.17, 15) is 4.79 Å². The third kappa shape index (κ3) is 4.62. The first-order chi connectivity index (χ1) is 13.2. The molecule has 1 atom stereocenters. The van der Waals surface area contributed by atoms with Crippen molar-refractivity contribution >= 4 is 28.4 Å². The van der Waals surface area contributed by atoms with Gasteiger partial charge >= 0.3 is 6.03 Å². The molecular weight excluding hydrogens is 358 g/mol. The molecule has 2 aromatic carbocycles. The fraction of sp³-hybridized carbons (Fsp3) is 0.250. The standard InChI is InChI=1S/C20H21N5OS/c1-13(21-20-24-18(25-27-20)15-5-3-2-4-6-15)14-7-9-16(10-8-14)22-19(26)23-17-11-12-17/h2-10,13,17H,11-12H2,1H3,(H,21,24,25)(H2,22,23,26). The lowest BCUT2D eigenvalue weighted by Gasteiger charge is -2.14. The minimum atomic E-state index is -0.140. The number of nitrogens with zero attached hydrogens (tertiary/aromatic N) is 2. The van der Waals surface area contributed by atoms with Gasteiger partial charge in [0.15, 0.2) is 5.82 Å². The van der Waals surface area contributed by atoms with Crippen LogP contribution in [-0.2, 0) is 0 Å². The molecule has 3 N–H and O–H groups in total. The van der Waals surface area contributed by atoms with Crippen LogP contribution in [0, 0.1) is 0 Å². The van der Waals surface area contributed by atoms with Crippen LogP contribution in [0.25, 0.3) is 11.4 Å². The molecule has 27 heavy (non-hydrogen) atoms. The van der Waals surface area contributed by atoms with Gasteiger partial charge in [0.1, 0.15) is 0 Å². The van der Waals surface area contributed by atoms with Crippen LogP contribution >= 0.6 is 11.5 Å². The van der Waals surface area contributed by atoms with Crippen LogP contribution in [0.3, 0.4) is 0 Å². The zero-order valence-corrected chi connectivity index (χ0v) is 15.8. The van der Waals surface area contributed by atoms with Gasteiger partial charge in [-0.15, -0.1) is 0 Å². The number of aromatic nitrogens is 2. The Bertz CT molecular complexity index is 906. The van der Waals surface area contributed by atoms with Crippen molar-refractivity contribution < 1.29 is 4.79 Å². The lowest BCUT2D eigenvalue weighted by Crippen LogP contribution is -2.30. The van der Waals surface area contributed by atoms with Crippen molar-refractivity contribution in [3.8, 4) is 11.4 Å². The predicted molar refractivity (Wildman–Crippen MR) is 109 cm³/mol. The molecule has 3 aromatic rings. The molecule has 0 bridgehead atoms. The number of amides is 2. The van der Waals surface area contributed by atoms with Gasteiger partial charge in [0.25, 0.3) is 0 Å². The highest BCUT2D eigenvalue weighted by molar-refractivity contribution is 7.09. The highest BCUT2D eigenvalue weighted by atomic mass is 32.1. The second-order valence-corrected chi connectivity index (χ2v) is 7.40. The van der Waals surface area contributed by atoms with E-state index < -0.39 is 0 Å². The van der Waals surface area contributed by atoms with Crippen molar-refractivity contribution in [2.45, 2.75) is 31.8 Å². The molecule has 0 aliphatic heterocycles. The number of anilines is 2. The van der Waals surface area contributed by atoms with Gasteiger partial charge in [-0.1, -0.05) is 42.5 Å². The molecule has 1 unspecified atom stereocenters. The molecule has 138 valence electrons. The first kappa shape index (κ1) is 17.5. The maximum absolute atomic E-state index is 11.8. The van der Waals surface area contributed by atoms with E-state index in [4.69, 9.17) is 0 Å². The number of carbonyl (C=O) groups is 1. The number of rotatable bonds is 6. The van der Waals surface area contributed by atoms with E-state index in [0.29, 0.717) is 6.04 Å². The first-order valence-corrected chi connectivity index (χ1v) is 9.78. The van der Waals surface area contributed by atoms with E-state index in [1.54, 1.807) is 0 Å². The molecule has 0 radical (unpaired) electrons. The summed E-state index contributed by atoms with van der Waals surface area (Å²) in [7, 11) is 0. The van der Waals surface area contributed by atoms with Crippen LogP contribution in [0.4, 0.5) is 15.6 Å². The van der Waals surface area contributed by atoms with Crippen molar-refractivity contribution in [3.05, 3.63) is 60.2 Å². The Balaban J connectivity index is 1.36. The predicted octanol–water partition coefficient (Wildman–Crippen LogP) is 4.66. The zero-order chi connectivity index (χ0) is 18.6. The summed E-state index contributed by atoms with van der Waals surface area (Å²) in [6.07, 6.45) is 2.15. The maximum Gasteiger partial charge on any atom is 0.319 e. The fourth-order valence-electron chi connectivity index (χ4n) is 2.69. The van der Waals surface area contributed by atoms with Crippen molar-refractivity contribution in [1.82, 2.24) is 14.7 Å². The van der Waals surface area contributed by atoms with E-state index in [1.807, 2.05) is 54.6 Å². The molecule has 1 saturated carbocycles. The van der Waals surface area contributed by atoms with E-state index in [-0.39, 0.29) is 12.1 Å². The zero-order valence-electron chi connectivity index (χ0n) is 15.0. The van der Waals surface area contributed by atoms with Crippen LogP contribution in [0.2, 0.25) is 0 Å². The number of benzene rings is 2. The molecule has 1 heterocycles. The largest absolute Gasteiger partial charge is 0.354 e. The fourth-order valence-corrected chi connectivity index (χ4v) is 3.37. The molecule has 1 aliphatic rings. The van der Waals surface area contributed by atoms with Gasteiger partial charge in [-0.3, -0.25) is 0 Å². The van der Waals surface area contributed by atoms with Crippen molar-refractivity contribution in [2.24, 2.45) is 0 Å². The van der Waals surface area contributed by atoms with Gasteiger partial charge in [0.05, 0.1) is 6.04 Å². The normalized spacial score (nSPS) is 14.4. The molecule has 1 aliphatic carbocycles. The van der Waals surface area contributed by atoms with Gasteiger partial charge in [-0.25, -0.2) is 4.79 Å². The Kier molecular flexibility index (Phi) is 5.02. The van der Waals surface area contributed by atoms with Gasteiger partial charge in [0.2, 0.25) is 5.13 Å². The molecule has 7 heteroatoms. The highest BCUT2D eigenvalue weighted by Gasteiger charge is 2.23.